The fraction of sp³-hybridized carbons (Fsp3) is 0.875. The van der Waals surface area contributed by atoms with Crippen LogP contribution in [0.5, 0.6) is 0 Å². The van der Waals surface area contributed by atoms with Gasteiger partial charge >= 0.3 is 41.5 Å². The van der Waals surface area contributed by atoms with E-state index in [1.165, 1.54) is 0 Å². The van der Waals surface area contributed by atoms with Gasteiger partial charge < -0.3 is 14.0 Å². The Morgan fingerprint density at radius 1 is 0.880 bits per heavy atom. The molecule has 0 saturated carbocycles. The molecule has 0 saturated heterocycles. The molecular formula is C16H29NaO7S. The Kier molecular flexibility index (Phi) is 15.1. The number of esters is 2. The Labute approximate surface area is 173 Å². The van der Waals surface area contributed by atoms with Gasteiger partial charge in [-0.15, -0.1) is 0 Å². The molecule has 0 aromatic rings. The summed E-state index contributed by atoms with van der Waals surface area (Å²) in [6, 6.07) is 0. The van der Waals surface area contributed by atoms with Gasteiger partial charge in [0.1, 0.15) is 10.1 Å². The molecule has 1 unspecified atom stereocenters. The van der Waals surface area contributed by atoms with Gasteiger partial charge in [-0.2, -0.15) is 0 Å². The minimum atomic E-state index is -5.00. The summed E-state index contributed by atoms with van der Waals surface area (Å²) in [6.07, 6.45) is 2.33. The van der Waals surface area contributed by atoms with Crippen molar-refractivity contribution in [1.29, 1.82) is 0 Å². The number of hydrogen-bond donors (Lipinski definition) is 0. The summed E-state index contributed by atoms with van der Waals surface area (Å²) in [4.78, 5) is 23.7. The molecule has 0 N–H and O–H groups in total. The zero-order valence-corrected chi connectivity index (χ0v) is 18.8. The van der Waals surface area contributed by atoms with Gasteiger partial charge in [0.2, 0.25) is 0 Å². The maximum atomic E-state index is 11.9. The minimum absolute atomic E-state index is 0. The van der Waals surface area contributed by atoms with Gasteiger partial charge in [0.25, 0.3) is 0 Å². The Morgan fingerprint density at radius 3 is 1.64 bits per heavy atom. The third kappa shape index (κ3) is 11.2. The van der Waals surface area contributed by atoms with E-state index >= 15 is 0 Å². The Bertz CT molecular complexity index is 485. The number of rotatable bonds is 12. The topological polar surface area (TPSA) is 110 Å². The average Bonchev–Trinajstić information content (AvgIpc) is 2.53. The molecule has 0 amide bonds. The van der Waals surface area contributed by atoms with Gasteiger partial charge in [-0.05, 0) is 11.8 Å². The molecule has 0 bridgehead atoms. The number of carbonyl (C=O) groups excluding carboxylic acids is 2. The maximum Gasteiger partial charge on any atom is 1.00 e. The fourth-order valence-electron chi connectivity index (χ4n) is 2.07. The van der Waals surface area contributed by atoms with Crippen LogP contribution >= 0.6 is 0 Å². The minimum Gasteiger partial charge on any atom is -0.747 e. The van der Waals surface area contributed by atoms with E-state index in [2.05, 4.69) is 0 Å². The van der Waals surface area contributed by atoms with Gasteiger partial charge in [-0.1, -0.05) is 53.4 Å². The van der Waals surface area contributed by atoms with Crippen LogP contribution in [0, 0.1) is 11.8 Å². The Hall–Kier alpha value is -0.150. The van der Waals surface area contributed by atoms with E-state index in [9.17, 15) is 22.6 Å². The largest absolute Gasteiger partial charge is 1.00 e. The van der Waals surface area contributed by atoms with Crippen molar-refractivity contribution in [3.63, 3.8) is 0 Å². The maximum absolute atomic E-state index is 11.9. The van der Waals surface area contributed by atoms with Crippen LogP contribution in [0.2, 0.25) is 0 Å². The average molecular weight is 388 g/mol. The van der Waals surface area contributed by atoms with Crippen LogP contribution in [-0.2, 0) is 29.2 Å². The van der Waals surface area contributed by atoms with Crippen LogP contribution in [0.3, 0.4) is 0 Å². The summed E-state index contributed by atoms with van der Waals surface area (Å²) in [5.41, 5.74) is 0. The first-order chi connectivity index (χ1) is 11.2. The molecule has 142 valence electrons. The van der Waals surface area contributed by atoms with Gasteiger partial charge in [0.05, 0.1) is 19.6 Å². The van der Waals surface area contributed by atoms with E-state index in [1.807, 2.05) is 27.7 Å². The van der Waals surface area contributed by atoms with Crippen molar-refractivity contribution in [2.45, 2.75) is 65.0 Å². The predicted molar refractivity (Wildman–Crippen MR) is 88.2 cm³/mol. The van der Waals surface area contributed by atoms with Crippen LogP contribution in [0.1, 0.15) is 59.8 Å². The molecule has 1 atom stereocenters. The normalized spacial score (nSPS) is 12.6. The van der Waals surface area contributed by atoms with E-state index in [4.69, 9.17) is 9.47 Å². The van der Waals surface area contributed by atoms with Crippen molar-refractivity contribution >= 4 is 22.1 Å². The number of ether oxygens (including phenoxy) is 2. The summed E-state index contributed by atoms with van der Waals surface area (Å²) >= 11 is 0. The third-order valence-corrected chi connectivity index (χ3v) is 5.27. The van der Waals surface area contributed by atoms with Gasteiger partial charge in [0.15, 0.2) is 5.25 Å². The monoisotopic (exact) mass is 388 g/mol. The molecular weight excluding hydrogens is 359 g/mol. The first-order valence-corrected chi connectivity index (χ1v) is 9.93. The zero-order valence-electron chi connectivity index (χ0n) is 15.9. The molecule has 25 heavy (non-hydrogen) atoms. The van der Waals surface area contributed by atoms with Crippen LogP contribution in [0.15, 0.2) is 0 Å². The number of carbonyl (C=O) groups is 2. The van der Waals surface area contributed by atoms with E-state index in [1.54, 1.807) is 0 Å². The molecule has 0 aromatic heterocycles. The van der Waals surface area contributed by atoms with Crippen LogP contribution in [0.25, 0.3) is 0 Å². The Morgan fingerprint density at radius 2 is 1.28 bits per heavy atom. The SMILES string of the molecule is CCC(CC)COC(=O)CC(C(=O)OCC(CC)CC)S(=O)(=O)[O-].[Na+]. The van der Waals surface area contributed by atoms with Crippen LogP contribution in [0.4, 0.5) is 0 Å². The summed E-state index contributed by atoms with van der Waals surface area (Å²) in [5.74, 6) is -1.81. The standard InChI is InChI=1S/C16H30O7S.Na/c1-5-12(6-2)10-22-15(17)9-14(24(19,20)21)16(18)23-11-13(7-3)8-4;/h12-14H,5-11H2,1-4H3,(H,19,20,21);/q;+1/p-1. The second-order valence-corrected chi connectivity index (χ2v) is 7.42. The molecule has 0 fully saturated rings. The van der Waals surface area contributed by atoms with Crippen molar-refractivity contribution in [3.8, 4) is 0 Å². The molecule has 0 spiro atoms. The molecule has 0 aliphatic heterocycles. The predicted octanol–water partition coefficient (Wildman–Crippen LogP) is -0.747. The van der Waals surface area contributed by atoms with E-state index < -0.39 is 33.7 Å². The molecule has 0 heterocycles. The van der Waals surface area contributed by atoms with Crippen molar-refractivity contribution in [2.75, 3.05) is 13.2 Å². The first kappa shape index (κ1) is 27.1. The molecule has 0 radical (unpaired) electrons. The van der Waals surface area contributed by atoms with E-state index in [0.29, 0.717) is 0 Å². The molecule has 0 rings (SSSR count). The van der Waals surface area contributed by atoms with E-state index in [-0.39, 0.29) is 54.6 Å². The first-order valence-electron chi connectivity index (χ1n) is 8.46. The molecule has 0 aliphatic rings. The van der Waals surface area contributed by atoms with Gasteiger partial charge in [0, 0.05) is 0 Å². The second kappa shape index (κ2) is 14.0. The van der Waals surface area contributed by atoms with Crippen molar-refractivity contribution in [1.82, 2.24) is 0 Å². The summed E-state index contributed by atoms with van der Waals surface area (Å²) in [6.45, 7) is 7.89. The number of hydrogen-bond acceptors (Lipinski definition) is 7. The van der Waals surface area contributed by atoms with Crippen LogP contribution in [-0.4, -0.2) is 43.4 Å². The molecule has 9 heteroatoms. The molecule has 7 nitrogen and oxygen atoms in total. The summed E-state index contributed by atoms with van der Waals surface area (Å²) in [5, 5.41) is -2.05. The molecule has 0 aliphatic carbocycles. The third-order valence-electron chi connectivity index (χ3n) is 4.21. The van der Waals surface area contributed by atoms with Crippen LogP contribution < -0.4 is 29.6 Å². The van der Waals surface area contributed by atoms with Crippen molar-refractivity contribution < 1.29 is 61.6 Å². The Balaban J connectivity index is 0. The smallest absolute Gasteiger partial charge is 0.747 e. The van der Waals surface area contributed by atoms with Gasteiger partial charge in [-0.3, -0.25) is 9.59 Å². The van der Waals surface area contributed by atoms with E-state index in [0.717, 1.165) is 25.7 Å². The quantitative estimate of drug-likeness (QED) is 0.246. The molecule has 0 aromatic carbocycles. The zero-order chi connectivity index (χ0) is 18.8. The van der Waals surface area contributed by atoms with Crippen molar-refractivity contribution in [2.24, 2.45) is 11.8 Å². The fourth-order valence-corrected chi connectivity index (χ4v) is 2.71. The van der Waals surface area contributed by atoms with Gasteiger partial charge in [-0.25, -0.2) is 8.42 Å². The second-order valence-electron chi connectivity index (χ2n) is 5.86. The summed E-state index contributed by atoms with van der Waals surface area (Å²) in [7, 11) is -5.00. The van der Waals surface area contributed by atoms with Crippen molar-refractivity contribution in [3.05, 3.63) is 0 Å². The summed E-state index contributed by atoms with van der Waals surface area (Å²) < 4.78 is 43.7.